The van der Waals surface area contributed by atoms with Crippen molar-refractivity contribution in [1.82, 2.24) is 9.78 Å². The highest BCUT2D eigenvalue weighted by molar-refractivity contribution is 7.91. The maximum absolute atomic E-state index is 14.0. The topological polar surface area (TPSA) is 117 Å². The van der Waals surface area contributed by atoms with E-state index in [9.17, 15) is 40.8 Å². The van der Waals surface area contributed by atoms with Crippen LogP contribution in [0.3, 0.4) is 0 Å². The maximum Gasteiger partial charge on any atom is 0.435 e. The molecule has 0 saturated heterocycles. The lowest BCUT2D eigenvalue weighted by Crippen LogP contribution is -2.27. The molecule has 2 atom stereocenters. The van der Waals surface area contributed by atoms with Crippen molar-refractivity contribution in [1.29, 1.82) is 0 Å². The molecule has 48 heavy (non-hydrogen) atoms. The molecule has 0 radical (unpaired) electrons. The second-order valence-corrected chi connectivity index (χ2v) is 12.8. The molecule has 1 heterocycles. The fraction of sp³-hybridized carbons (Fsp3) is 0.290. The molecule has 0 fully saturated rings. The zero-order chi connectivity index (χ0) is 35.4. The molecule has 0 saturated carbocycles. The predicted molar refractivity (Wildman–Crippen MR) is 166 cm³/mol. The van der Waals surface area contributed by atoms with E-state index in [1.54, 1.807) is 24.3 Å². The normalized spacial score (nSPS) is 13.3. The van der Waals surface area contributed by atoms with Gasteiger partial charge in [0.1, 0.15) is 30.0 Å². The Morgan fingerprint density at radius 1 is 1.02 bits per heavy atom. The Morgan fingerprint density at radius 3 is 2.31 bits per heavy atom. The SMILES string of the molecule is Cn1nc(C(F)(F)F)cc1-c1ccc(OCc2ccc(Cl)cc2)c(-c2ccc(Cl)c(C(F)(F)F)c2)c1OC(=O)CC[S+]([O-])CC(O)CO. The van der Waals surface area contributed by atoms with Gasteiger partial charge in [-0.3, -0.25) is 9.48 Å². The quantitative estimate of drug-likeness (QED) is 0.0691. The van der Waals surface area contributed by atoms with Gasteiger partial charge in [-0.2, -0.15) is 31.4 Å². The molecule has 4 rings (SSSR count). The Balaban J connectivity index is 1.90. The Labute approximate surface area is 283 Å². The van der Waals surface area contributed by atoms with Crippen molar-refractivity contribution in [3.05, 3.63) is 87.5 Å². The van der Waals surface area contributed by atoms with Gasteiger partial charge in [0, 0.05) is 17.6 Å². The molecule has 4 aromatic rings. The third-order valence-corrected chi connectivity index (χ3v) is 8.77. The Morgan fingerprint density at radius 2 is 1.71 bits per heavy atom. The minimum absolute atomic E-state index is 0.111. The minimum atomic E-state index is -4.92. The van der Waals surface area contributed by atoms with E-state index in [0.717, 1.165) is 10.7 Å². The molecule has 3 aromatic carbocycles. The van der Waals surface area contributed by atoms with E-state index >= 15 is 0 Å². The summed E-state index contributed by atoms with van der Waals surface area (Å²) in [6.45, 7) is -0.815. The van der Waals surface area contributed by atoms with Gasteiger partial charge in [-0.25, -0.2) is 0 Å². The fourth-order valence-corrected chi connectivity index (χ4v) is 5.92. The van der Waals surface area contributed by atoms with Gasteiger partial charge >= 0.3 is 18.3 Å². The highest BCUT2D eigenvalue weighted by Crippen LogP contribution is 2.48. The van der Waals surface area contributed by atoms with E-state index < -0.39 is 70.7 Å². The van der Waals surface area contributed by atoms with Crippen molar-refractivity contribution >= 4 is 40.3 Å². The molecule has 0 aliphatic carbocycles. The summed E-state index contributed by atoms with van der Waals surface area (Å²) in [5.41, 5.74) is -2.76. The monoisotopic (exact) mass is 738 g/mol. The number of hydrogen-bond acceptors (Lipinski definition) is 7. The highest BCUT2D eigenvalue weighted by atomic mass is 35.5. The number of alkyl halides is 6. The molecule has 17 heteroatoms. The first-order valence-corrected chi connectivity index (χ1v) is 16.1. The van der Waals surface area contributed by atoms with Crippen molar-refractivity contribution in [2.24, 2.45) is 7.05 Å². The van der Waals surface area contributed by atoms with Crippen molar-refractivity contribution in [3.8, 4) is 33.9 Å². The number of aliphatic hydroxyl groups excluding tert-OH is 2. The van der Waals surface area contributed by atoms with Crippen LogP contribution in [0.2, 0.25) is 10.0 Å². The number of halogens is 8. The zero-order valence-corrected chi connectivity index (χ0v) is 27.1. The number of rotatable bonds is 12. The first kappa shape index (κ1) is 37.4. The average molecular weight is 740 g/mol. The maximum atomic E-state index is 14.0. The Kier molecular flexibility index (Phi) is 12.0. The van der Waals surface area contributed by atoms with Gasteiger partial charge in [0.25, 0.3) is 0 Å². The van der Waals surface area contributed by atoms with Crippen molar-refractivity contribution < 1.29 is 55.4 Å². The van der Waals surface area contributed by atoms with Crippen LogP contribution in [0.5, 0.6) is 11.5 Å². The molecule has 0 amide bonds. The number of nitrogens with zero attached hydrogens (tertiary/aromatic N) is 2. The summed E-state index contributed by atoms with van der Waals surface area (Å²) in [4.78, 5) is 13.2. The number of aliphatic hydroxyl groups is 2. The molecule has 258 valence electrons. The average Bonchev–Trinajstić information content (AvgIpc) is 3.41. The lowest BCUT2D eigenvalue weighted by Gasteiger charge is -2.21. The highest BCUT2D eigenvalue weighted by Gasteiger charge is 2.37. The van der Waals surface area contributed by atoms with Crippen LogP contribution in [0, 0.1) is 0 Å². The molecule has 0 aliphatic rings. The number of esters is 1. The summed E-state index contributed by atoms with van der Waals surface area (Å²) >= 11 is 10.0. The number of carbonyl (C=O) groups excluding carboxylic acids is 1. The number of aromatic nitrogens is 2. The Bertz CT molecular complexity index is 1750. The lowest BCUT2D eigenvalue weighted by atomic mass is 9.96. The number of ether oxygens (including phenoxy) is 2. The van der Waals surface area contributed by atoms with E-state index in [-0.39, 0.29) is 46.2 Å². The number of benzene rings is 3. The summed E-state index contributed by atoms with van der Waals surface area (Å²) in [6.07, 6.45) is -11.6. The molecular weight excluding hydrogens is 713 g/mol. The van der Waals surface area contributed by atoms with Gasteiger partial charge in [-0.1, -0.05) is 52.6 Å². The van der Waals surface area contributed by atoms with Gasteiger partial charge in [0.05, 0.1) is 34.9 Å². The van der Waals surface area contributed by atoms with Crippen LogP contribution in [-0.4, -0.2) is 54.7 Å². The van der Waals surface area contributed by atoms with Gasteiger partial charge in [-0.15, -0.1) is 0 Å². The predicted octanol–water partition coefficient (Wildman–Crippen LogP) is 7.07. The van der Waals surface area contributed by atoms with Crippen LogP contribution in [0.15, 0.2) is 60.7 Å². The second-order valence-electron chi connectivity index (χ2n) is 10.3. The van der Waals surface area contributed by atoms with Gasteiger partial charge in [0.2, 0.25) is 0 Å². The summed E-state index contributed by atoms with van der Waals surface area (Å²) in [5.74, 6) is -2.32. The van der Waals surface area contributed by atoms with E-state index in [2.05, 4.69) is 5.10 Å². The molecule has 0 spiro atoms. The number of hydrogen-bond donors (Lipinski definition) is 2. The number of aryl methyl sites for hydroxylation is 1. The molecule has 1 aromatic heterocycles. The summed E-state index contributed by atoms with van der Waals surface area (Å²) in [7, 11) is 1.19. The zero-order valence-electron chi connectivity index (χ0n) is 24.7. The van der Waals surface area contributed by atoms with Crippen molar-refractivity contribution in [2.75, 3.05) is 18.1 Å². The van der Waals surface area contributed by atoms with Crippen LogP contribution >= 0.6 is 23.2 Å². The Hall–Kier alpha value is -3.47. The van der Waals surface area contributed by atoms with Crippen LogP contribution < -0.4 is 9.47 Å². The standard InChI is InChI=1S/C31H26Cl2F6N2O6S/c1-41-24(13-26(40-41)31(37,38)39)21-7-9-25(46-15-17-2-5-19(32)6-3-17)28(18-4-8-23(33)22(12-18)30(34,35)36)29(21)47-27(44)10-11-48(45)16-20(43)14-42/h2-9,12-13,20,42-43H,10-11,14-16H2,1H3. The number of carbonyl (C=O) groups is 1. The van der Waals surface area contributed by atoms with Gasteiger partial charge in [-0.05, 0) is 53.6 Å². The third-order valence-electron chi connectivity index (χ3n) is 6.77. The van der Waals surface area contributed by atoms with E-state index in [4.69, 9.17) is 37.8 Å². The second kappa shape index (κ2) is 15.4. The third kappa shape index (κ3) is 9.36. The first-order valence-electron chi connectivity index (χ1n) is 13.9. The van der Waals surface area contributed by atoms with Crippen LogP contribution in [0.4, 0.5) is 26.3 Å². The van der Waals surface area contributed by atoms with Gasteiger partial charge in [0.15, 0.2) is 11.4 Å². The molecule has 2 unspecified atom stereocenters. The van der Waals surface area contributed by atoms with E-state index in [0.29, 0.717) is 22.7 Å². The van der Waals surface area contributed by atoms with Crippen LogP contribution in [0.1, 0.15) is 23.2 Å². The molecule has 0 bridgehead atoms. The van der Waals surface area contributed by atoms with E-state index in [1.807, 2.05) is 0 Å². The van der Waals surface area contributed by atoms with Crippen molar-refractivity contribution in [3.63, 3.8) is 0 Å². The summed E-state index contributed by atoms with van der Waals surface area (Å²) < 4.78 is 108. The van der Waals surface area contributed by atoms with E-state index in [1.165, 1.54) is 25.2 Å². The summed E-state index contributed by atoms with van der Waals surface area (Å²) in [5, 5.41) is 21.8. The van der Waals surface area contributed by atoms with Crippen molar-refractivity contribution in [2.45, 2.75) is 31.5 Å². The fourth-order valence-electron chi connectivity index (χ4n) is 4.48. The summed E-state index contributed by atoms with van der Waals surface area (Å²) in [6, 6.07) is 12.5. The molecule has 0 aliphatic heterocycles. The molecule has 2 N–H and O–H groups in total. The molecule has 8 nitrogen and oxygen atoms in total. The first-order chi connectivity index (χ1) is 22.5. The smallest absolute Gasteiger partial charge is 0.435 e. The largest absolute Gasteiger partial charge is 0.616 e. The lowest BCUT2D eigenvalue weighted by molar-refractivity contribution is -0.141. The van der Waals surface area contributed by atoms with Gasteiger partial charge < -0.3 is 24.2 Å². The van der Waals surface area contributed by atoms with Crippen LogP contribution in [0.25, 0.3) is 22.4 Å². The van der Waals surface area contributed by atoms with Crippen LogP contribution in [-0.2, 0) is 42.0 Å². The minimum Gasteiger partial charge on any atom is -0.616 e. The molecular formula is C31H26Cl2F6N2O6S.